The highest BCUT2D eigenvalue weighted by Gasteiger charge is 2.44. The Balaban J connectivity index is 1.71. The molecule has 2 aromatic carbocycles. The fourth-order valence-electron chi connectivity index (χ4n) is 3.10. The molecule has 0 saturated carbocycles. The molecule has 126 valence electrons. The monoisotopic (exact) mass is 337 g/mol. The van der Waals surface area contributed by atoms with E-state index in [1.165, 1.54) is 4.90 Å². The van der Waals surface area contributed by atoms with Crippen LogP contribution in [0.2, 0.25) is 0 Å². The van der Waals surface area contributed by atoms with E-state index in [-0.39, 0.29) is 18.4 Å². The zero-order valence-corrected chi connectivity index (χ0v) is 13.4. The van der Waals surface area contributed by atoms with Crippen LogP contribution in [0.15, 0.2) is 48.5 Å². The highest BCUT2D eigenvalue weighted by Crippen LogP contribution is 2.37. The molecule has 0 aromatic heterocycles. The second-order valence-corrected chi connectivity index (χ2v) is 5.90. The van der Waals surface area contributed by atoms with Gasteiger partial charge in [-0.1, -0.05) is 30.3 Å². The number of imide groups is 1. The fourth-order valence-corrected chi connectivity index (χ4v) is 3.10. The Bertz CT molecular complexity index is 881. The molecule has 1 unspecified atom stereocenters. The van der Waals surface area contributed by atoms with Crippen molar-refractivity contribution in [3.63, 3.8) is 0 Å². The molecule has 0 aliphatic carbocycles. The number of nitrogens with zero attached hydrogens (tertiary/aromatic N) is 2. The number of nitrogens with one attached hydrogen (secondary N) is 1. The Labute approximate surface area is 143 Å². The van der Waals surface area contributed by atoms with Crippen LogP contribution >= 0.6 is 0 Å². The lowest BCUT2D eigenvalue weighted by molar-refractivity contribution is -0.120. The molecule has 0 bridgehead atoms. The Morgan fingerprint density at radius 3 is 2.60 bits per heavy atom. The van der Waals surface area contributed by atoms with Crippen LogP contribution in [-0.4, -0.2) is 36.4 Å². The Morgan fingerprint density at radius 1 is 1.08 bits per heavy atom. The molecular formula is C18H15N3O4. The molecular weight excluding hydrogens is 322 g/mol. The quantitative estimate of drug-likeness (QED) is 0.852. The number of anilines is 2. The van der Waals surface area contributed by atoms with Crippen molar-refractivity contribution in [3.8, 4) is 5.75 Å². The van der Waals surface area contributed by atoms with Crippen LogP contribution in [0.4, 0.5) is 16.2 Å². The van der Waals surface area contributed by atoms with Gasteiger partial charge >= 0.3 is 6.03 Å². The number of urea groups is 1. The van der Waals surface area contributed by atoms with Gasteiger partial charge in [-0.3, -0.25) is 9.59 Å². The standard InChI is InChI=1S/C18H15N3O4/c1-20-16(11-5-3-2-4-6-11)17(23)21(18(20)24)12-7-8-14-13(9-12)19-15(22)10-25-14/h2-9,16H,10H2,1H3,(H,19,22). The summed E-state index contributed by atoms with van der Waals surface area (Å²) in [5.41, 5.74) is 1.59. The third kappa shape index (κ3) is 2.40. The SMILES string of the molecule is CN1C(=O)N(c2ccc3c(c2)NC(=O)CO3)C(=O)C1c1ccccc1. The summed E-state index contributed by atoms with van der Waals surface area (Å²) in [6.07, 6.45) is 0. The predicted molar refractivity (Wildman–Crippen MR) is 90.4 cm³/mol. The summed E-state index contributed by atoms with van der Waals surface area (Å²) < 4.78 is 5.31. The molecule has 7 nitrogen and oxygen atoms in total. The van der Waals surface area contributed by atoms with E-state index < -0.39 is 12.1 Å². The smallest absolute Gasteiger partial charge is 0.332 e. The number of likely N-dealkylation sites (N-methyl/N-ethyl adjacent to an activating group) is 1. The molecule has 2 aliphatic heterocycles. The number of ether oxygens (including phenoxy) is 1. The number of hydrogen-bond acceptors (Lipinski definition) is 4. The molecule has 1 atom stereocenters. The summed E-state index contributed by atoms with van der Waals surface area (Å²) in [5, 5.41) is 2.68. The number of fused-ring (bicyclic) bond motifs is 1. The Kier molecular flexibility index (Phi) is 3.42. The van der Waals surface area contributed by atoms with Crippen molar-refractivity contribution >= 4 is 29.2 Å². The van der Waals surface area contributed by atoms with Crippen molar-refractivity contribution in [1.29, 1.82) is 0 Å². The lowest BCUT2D eigenvalue weighted by atomic mass is 10.1. The first-order valence-electron chi connectivity index (χ1n) is 7.78. The normalized spacial score (nSPS) is 19.6. The van der Waals surface area contributed by atoms with Crippen LogP contribution < -0.4 is 15.0 Å². The lowest BCUT2D eigenvalue weighted by Gasteiger charge is -2.20. The van der Waals surface area contributed by atoms with Gasteiger partial charge in [0.05, 0.1) is 11.4 Å². The highest BCUT2D eigenvalue weighted by atomic mass is 16.5. The molecule has 0 radical (unpaired) electrons. The Hall–Kier alpha value is -3.35. The number of hydrogen-bond donors (Lipinski definition) is 1. The van der Waals surface area contributed by atoms with Gasteiger partial charge in [0.25, 0.3) is 11.8 Å². The number of carbonyl (C=O) groups is 3. The molecule has 25 heavy (non-hydrogen) atoms. The van der Waals surface area contributed by atoms with Gasteiger partial charge in [0.1, 0.15) is 11.8 Å². The highest BCUT2D eigenvalue weighted by molar-refractivity contribution is 6.21. The molecule has 2 aromatic rings. The maximum absolute atomic E-state index is 12.9. The van der Waals surface area contributed by atoms with E-state index >= 15 is 0 Å². The van der Waals surface area contributed by atoms with E-state index in [4.69, 9.17) is 4.74 Å². The summed E-state index contributed by atoms with van der Waals surface area (Å²) in [5.74, 6) is -0.0971. The van der Waals surface area contributed by atoms with Gasteiger partial charge in [0, 0.05) is 7.05 Å². The summed E-state index contributed by atoms with van der Waals surface area (Å²) in [4.78, 5) is 39.6. The first kappa shape index (κ1) is 15.2. The second-order valence-electron chi connectivity index (χ2n) is 5.90. The largest absolute Gasteiger partial charge is 0.482 e. The van der Waals surface area contributed by atoms with Gasteiger partial charge in [-0.25, -0.2) is 9.69 Å². The van der Waals surface area contributed by atoms with Gasteiger partial charge < -0.3 is 15.0 Å². The average Bonchev–Trinajstić information content (AvgIpc) is 2.84. The minimum atomic E-state index is -0.671. The predicted octanol–water partition coefficient (Wildman–Crippen LogP) is 2.16. The van der Waals surface area contributed by atoms with Crippen molar-refractivity contribution < 1.29 is 19.1 Å². The maximum atomic E-state index is 12.9. The average molecular weight is 337 g/mol. The van der Waals surface area contributed by atoms with Crippen molar-refractivity contribution in [1.82, 2.24) is 4.90 Å². The Morgan fingerprint density at radius 2 is 1.84 bits per heavy atom. The molecule has 1 N–H and O–H groups in total. The van der Waals surface area contributed by atoms with Crippen LogP contribution in [0, 0.1) is 0 Å². The summed E-state index contributed by atoms with van der Waals surface area (Å²) in [6, 6.07) is 12.9. The van der Waals surface area contributed by atoms with Crippen LogP contribution in [0.25, 0.3) is 0 Å². The van der Waals surface area contributed by atoms with Crippen LogP contribution in [0.1, 0.15) is 11.6 Å². The van der Waals surface area contributed by atoms with E-state index in [1.54, 1.807) is 25.2 Å². The van der Waals surface area contributed by atoms with E-state index in [9.17, 15) is 14.4 Å². The van der Waals surface area contributed by atoms with Crippen molar-refractivity contribution in [3.05, 3.63) is 54.1 Å². The molecule has 1 fully saturated rings. The van der Waals surface area contributed by atoms with E-state index in [0.29, 0.717) is 17.1 Å². The summed E-state index contributed by atoms with van der Waals surface area (Å²) in [6.45, 7) is -0.0489. The van der Waals surface area contributed by atoms with Crippen LogP contribution in [0.5, 0.6) is 5.75 Å². The number of benzene rings is 2. The molecule has 2 heterocycles. The fraction of sp³-hybridized carbons (Fsp3) is 0.167. The van der Waals surface area contributed by atoms with Gasteiger partial charge in [-0.05, 0) is 23.8 Å². The first-order valence-corrected chi connectivity index (χ1v) is 7.78. The van der Waals surface area contributed by atoms with Crippen molar-refractivity contribution in [2.45, 2.75) is 6.04 Å². The first-order chi connectivity index (χ1) is 12.1. The number of carbonyl (C=O) groups excluding carboxylic acids is 3. The van der Waals surface area contributed by atoms with Crippen molar-refractivity contribution in [2.75, 3.05) is 23.9 Å². The molecule has 4 rings (SSSR count). The van der Waals surface area contributed by atoms with Crippen LogP contribution in [0.3, 0.4) is 0 Å². The molecule has 4 amide bonds. The van der Waals surface area contributed by atoms with E-state index in [0.717, 1.165) is 10.5 Å². The summed E-state index contributed by atoms with van der Waals surface area (Å²) >= 11 is 0. The van der Waals surface area contributed by atoms with Gasteiger partial charge in [0.15, 0.2) is 6.61 Å². The zero-order chi connectivity index (χ0) is 17.6. The van der Waals surface area contributed by atoms with Crippen molar-refractivity contribution in [2.24, 2.45) is 0 Å². The minimum absolute atomic E-state index is 0.0489. The maximum Gasteiger partial charge on any atom is 0.332 e. The number of rotatable bonds is 2. The lowest BCUT2D eigenvalue weighted by Crippen LogP contribution is -2.32. The molecule has 0 spiro atoms. The third-order valence-corrected chi connectivity index (χ3v) is 4.30. The zero-order valence-electron chi connectivity index (χ0n) is 13.4. The van der Waals surface area contributed by atoms with E-state index in [1.807, 2.05) is 30.3 Å². The van der Waals surface area contributed by atoms with Gasteiger partial charge in [-0.15, -0.1) is 0 Å². The second kappa shape index (κ2) is 5.62. The minimum Gasteiger partial charge on any atom is -0.482 e. The van der Waals surface area contributed by atoms with Gasteiger partial charge in [-0.2, -0.15) is 0 Å². The topological polar surface area (TPSA) is 79.0 Å². The molecule has 1 saturated heterocycles. The summed E-state index contributed by atoms with van der Waals surface area (Å²) in [7, 11) is 1.60. The van der Waals surface area contributed by atoms with Gasteiger partial charge in [0.2, 0.25) is 0 Å². The van der Waals surface area contributed by atoms with Crippen LogP contribution in [-0.2, 0) is 9.59 Å². The molecule has 7 heteroatoms. The molecule has 2 aliphatic rings. The third-order valence-electron chi connectivity index (χ3n) is 4.30. The van der Waals surface area contributed by atoms with E-state index in [2.05, 4.69) is 5.32 Å². The number of amides is 4.